The Kier molecular flexibility index (Phi) is 2.50. The number of benzene rings is 1. The molecule has 1 aromatic heterocycles. The molecule has 2 aromatic rings. The van der Waals surface area contributed by atoms with Crippen molar-refractivity contribution < 1.29 is 17.6 Å². The van der Waals surface area contributed by atoms with Gasteiger partial charge in [-0.05, 0) is 18.2 Å². The average Bonchev–Trinajstić information content (AvgIpc) is 2.18. The molecule has 0 unspecified atom stereocenters. The van der Waals surface area contributed by atoms with Crippen LogP contribution in [0.2, 0.25) is 5.02 Å². The highest BCUT2D eigenvalue weighted by molar-refractivity contribution is 6.35. The third kappa shape index (κ3) is 1.82. The fourth-order valence-corrected chi connectivity index (χ4v) is 1.54. The van der Waals surface area contributed by atoms with E-state index in [0.717, 1.165) is 6.07 Å². The van der Waals surface area contributed by atoms with Crippen LogP contribution in [0, 0.1) is 5.82 Å². The molecule has 0 amide bonds. The minimum atomic E-state index is -4.60. The maximum atomic E-state index is 13.3. The Hall–Kier alpha value is -1.36. The Morgan fingerprint density at radius 3 is 2.50 bits per heavy atom. The van der Waals surface area contributed by atoms with Gasteiger partial charge in [0, 0.05) is 11.6 Å². The molecule has 0 aliphatic heterocycles. The molecule has 0 saturated carbocycles. The monoisotopic (exact) mass is 249 g/mol. The van der Waals surface area contributed by atoms with E-state index in [1.54, 1.807) is 0 Å². The maximum absolute atomic E-state index is 13.3. The van der Waals surface area contributed by atoms with Gasteiger partial charge in [-0.15, -0.1) is 0 Å². The van der Waals surface area contributed by atoms with Crippen LogP contribution in [0.3, 0.4) is 0 Å². The zero-order valence-electron chi connectivity index (χ0n) is 7.65. The quantitative estimate of drug-likeness (QED) is 0.642. The second-order valence-electron chi connectivity index (χ2n) is 3.14. The van der Waals surface area contributed by atoms with Crippen LogP contribution in [0.5, 0.6) is 0 Å². The lowest BCUT2D eigenvalue weighted by Crippen LogP contribution is -2.05. The number of halogens is 5. The highest BCUT2D eigenvalue weighted by Gasteiger charge is 2.31. The zero-order valence-corrected chi connectivity index (χ0v) is 8.40. The predicted octanol–water partition coefficient (Wildman–Crippen LogP) is 4.05. The molecule has 0 radical (unpaired) electrons. The molecule has 84 valence electrons. The SMILES string of the molecule is Fc1cc(C(F)(F)F)cc2c(Cl)ccnc12. The molecule has 1 heterocycles. The van der Waals surface area contributed by atoms with E-state index >= 15 is 0 Å². The molecule has 6 heteroatoms. The van der Waals surface area contributed by atoms with E-state index < -0.39 is 17.6 Å². The first kappa shape index (κ1) is 11.1. The van der Waals surface area contributed by atoms with Crippen LogP contribution in [0.15, 0.2) is 24.4 Å². The van der Waals surface area contributed by atoms with E-state index in [1.807, 2.05) is 0 Å². The van der Waals surface area contributed by atoms with Gasteiger partial charge in [-0.1, -0.05) is 11.6 Å². The van der Waals surface area contributed by atoms with Gasteiger partial charge < -0.3 is 0 Å². The van der Waals surface area contributed by atoms with Crippen molar-refractivity contribution in [1.29, 1.82) is 0 Å². The molecule has 0 aliphatic rings. The van der Waals surface area contributed by atoms with E-state index in [2.05, 4.69) is 4.98 Å². The lowest BCUT2D eigenvalue weighted by atomic mass is 10.1. The Balaban J connectivity index is 2.81. The molecular weight excluding hydrogens is 246 g/mol. The maximum Gasteiger partial charge on any atom is 0.416 e. The van der Waals surface area contributed by atoms with Crippen molar-refractivity contribution in [2.75, 3.05) is 0 Å². The second kappa shape index (κ2) is 3.59. The van der Waals surface area contributed by atoms with Crippen LogP contribution in [0.25, 0.3) is 10.9 Å². The number of pyridine rings is 1. The molecule has 0 atom stereocenters. The van der Waals surface area contributed by atoms with Crippen LogP contribution < -0.4 is 0 Å². The minimum absolute atomic E-state index is 0.0370. The van der Waals surface area contributed by atoms with Crippen LogP contribution in [-0.2, 0) is 6.18 Å². The van der Waals surface area contributed by atoms with Crippen LogP contribution >= 0.6 is 11.6 Å². The standard InChI is InChI=1S/C10H4ClF4N/c11-7-1-2-16-9-6(7)3-5(4-8(9)12)10(13,14)15/h1-4H. The van der Waals surface area contributed by atoms with Gasteiger partial charge >= 0.3 is 6.18 Å². The first-order valence-corrected chi connectivity index (χ1v) is 4.58. The first-order valence-electron chi connectivity index (χ1n) is 4.20. The molecule has 0 N–H and O–H groups in total. The predicted molar refractivity (Wildman–Crippen MR) is 51.7 cm³/mol. The smallest absolute Gasteiger partial charge is 0.253 e. The van der Waals surface area contributed by atoms with Gasteiger partial charge in [0.1, 0.15) is 11.3 Å². The van der Waals surface area contributed by atoms with Gasteiger partial charge in [0.2, 0.25) is 0 Å². The molecule has 2 rings (SSSR count). The summed E-state index contributed by atoms with van der Waals surface area (Å²) in [6.45, 7) is 0. The number of hydrogen-bond acceptors (Lipinski definition) is 1. The van der Waals surface area contributed by atoms with Gasteiger partial charge in [-0.25, -0.2) is 4.39 Å². The summed E-state index contributed by atoms with van der Waals surface area (Å²) in [5.41, 5.74) is -1.24. The molecule has 0 fully saturated rings. The number of hydrogen-bond donors (Lipinski definition) is 0. The zero-order chi connectivity index (χ0) is 11.9. The summed E-state index contributed by atoms with van der Waals surface area (Å²) in [6.07, 6.45) is -3.37. The number of rotatable bonds is 0. The largest absolute Gasteiger partial charge is 0.416 e. The van der Waals surface area contributed by atoms with E-state index in [0.29, 0.717) is 6.07 Å². The average molecular weight is 250 g/mol. The highest BCUT2D eigenvalue weighted by Crippen LogP contribution is 2.34. The minimum Gasteiger partial charge on any atom is -0.253 e. The van der Waals surface area contributed by atoms with Gasteiger partial charge in [0.25, 0.3) is 0 Å². The fourth-order valence-electron chi connectivity index (χ4n) is 1.34. The van der Waals surface area contributed by atoms with Crippen molar-refractivity contribution in [3.05, 3.63) is 40.8 Å². The van der Waals surface area contributed by atoms with E-state index in [4.69, 9.17) is 11.6 Å². The van der Waals surface area contributed by atoms with Gasteiger partial charge in [0.15, 0.2) is 0 Å². The van der Waals surface area contributed by atoms with Crippen molar-refractivity contribution >= 4 is 22.5 Å². The molecular formula is C10H4ClF4N. The van der Waals surface area contributed by atoms with Gasteiger partial charge in [-0.3, -0.25) is 4.98 Å². The lowest BCUT2D eigenvalue weighted by Gasteiger charge is -2.08. The van der Waals surface area contributed by atoms with Crippen molar-refractivity contribution in [3.8, 4) is 0 Å². The Bertz CT molecular complexity index is 550. The highest BCUT2D eigenvalue weighted by atomic mass is 35.5. The third-order valence-electron chi connectivity index (χ3n) is 2.07. The van der Waals surface area contributed by atoms with Gasteiger partial charge in [0.05, 0.1) is 10.6 Å². The summed E-state index contributed by atoms with van der Waals surface area (Å²) in [7, 11) is 0. The fraction of sp³-hybridized carbons (Fsp3) is 0.100. The Labute approximate surface area is 92.7 Å². The van der Waals surface area contributed by atoms with Crippen LogP contribution in [-0.4, -0.2) is 4.98 Å². The molecule has 0 aliphatic carbocycles. The second-order valence-corrected chi connectivity index (χ2v) is 3.55. The normalized spacial score (nSPS) is 12.1. The summed E-state index contributed by atoms with van der Waals surface area (Å²) in [4.78, 5) is 3.64. The summed E-state index contributed by atoms with van der Waals surface area (Å²) in [5.74, 6) is -1.03. The Morgan fingerprint density at radius 2 is 1.88 bits per heavy atom. The molecule has 0 bridgehead atoms. The van der Waals surface area contributed by atoms with E-state index in [9.17, 15) is 17.6 Å². The molecule has 0 saturated heterocycles. The topological polar surface area (TPSA) is 12.9 Å². The van der Waals surface area contributed by atoms with E-state index in [1.165, 1.54) is 12.3 Å². The van der Waals surface area contributed by atoms with Crippen LogP contribution in [0.1, 0.15) is 5.56 Å². The first-order chi connectivity index (χ1) is 7.39. The van der Waals surface area contributed by atoms with Gasteiger partial charge in [-0.2, -0.15) is 13.2 Å². The lowest BCUT2D eigenvalue weighted by molar-refractivity contribution is -0.137. The van der Waals surface area contributed by atoms with Crippen molar-refractivity contribution in [2.24, 2.45) is 0 Å². The molecule has 1 nitrogen and oxygen atoms in total. The third-order valence-corrected chi connectivity index (χ3v) is 2.40. The van der Waals surface area contributed by atoms with Crippen molar-refractivity contribution in [3.63, 3.8) is 0 Å². The van der Waals surface area contributed by atoms with Crippen molar-refractivity contribution in [1.82, 2.24) is 4.98 Å². The number of nitrogens with zero attached hydrogens (tertiary/aromatic N) is 1. The van der Waals surface area contributed by atoms with E-state index in [-0.39, 0.29) is 15.9 Å². The van der Waals surface area contributed by atoms with Crippen molar-refractivity contribution in [2.45, 2.75) is 6.18 Å². The summed E-state index contributed by atoms with van der Waals surface area (Å²) < 4.78 is 50.5. The number of alkyl halides is 3. The molecule has 0 spiro atoms. The summed E-state index contributed by atoms with van der Waals surface area (Å²) in [6, 6.07) is 2.50. The Morgan fingerprint density at radius 1 is 1.19 bits per heavy atom. The number of fused-ring (bicyclic) bond motifs is 1. The van der Waals surface area contributed by atoms with Crippen LogP contribution in [0.4, 0.5) is 17.6 Å². The molecule has 1 aromatic carbocycles. The number of aromatic nitrogens is 1. The summed E-state index contributed by atoms with van der Waals surface area (Å²) in [5, 5.41) is -0.00788. The molecule has 16 heavy (non-hydrogen) atoms. The summed E-state index contributed by atoms with van der Waals surface area (Å²) >= 11 is 5.68.